The minimum atomic E-state index is -1.61. The van der Waals surface area contributed by atoms with Crippen molar-refractivity contribution in [3.05, 3.63) is 36.4 Å². The molecule has 32 heavy (non-hydrogen) atoms. The van der Waals surface area contributed by atoms with Gasteiger partial charge in [-0.05, 0) is 24.1 Å². The van der Waals surface area contributed by atoms with Crippen LogP contribution >= 0.6 is 0 Å². The lowest BCUT2D eigenvalue weighted by molar-refractivity contribution is -0.307. The Kier molecular flexibility index (Phi) is 8.44. The summed E-state index contributed by atoms with van der Waals surface area (Å²) in [5.41, 5.74) is 0.925. The van der Waals surface area contributed by atoms with Gasteiger partial charge in [-0.2, -0.15) is 0 Å². The van der Waals surface area contributed by atoms with E-state index in [2.05, 4.69) is 6.58 Å². The highest BCUT2D eigenvalue weighted by molar-refractivity contribution is 5.43. The van der Waals surface area contributed by atoms with Crippen LogP contribution in [0.3, 0.4) is 0 Å². The summed E-state index contributed by atoms with van der Waals surface area (Å²) in [6.45, 7) is 3.06. The SMILES string of the molecule is C=CCc1ccc(OC2OC(COC3OCC(O)C(O)C3O)C(O)C(O)C2O)c(OC)c1. The Morgan fingerprint density at radius 2 is 1.69 bits per heavy atom. The van der Waals surface area contributed by atoms with Crippen LogP contribution in [-0.2, 0) is 20.6 Å². The molecule has 1 aromatic rings. The molecule has 11 nitrogen and oxygen atoms in total. The Labute approximate surface area is 185 Å². The van der Waals surface area contributed by atoms with Crippen molar-refractivity contribution in [3.63, 3.8) is 0 Å². The predicted molar refractivity (Wildman–Crippen MR) is 108 cm³/mol. The standard InChI is InChI=1S/C21H30O11/c1-3-4-10-5-6-12(13(7-10)28-2)31-21-19(27)17(25)16(24)14(32-21)9-30-20-18(26)15(23)11(22)8-29-20/h3,5-7,11,14-27H,1,4,8-9H2,2H3. The summed E-state index contributed by atoms with van der Waals surface area (Å²) in [4.78, 5) is 0. The molecule has 0 amide bonds. The quantitative estimate of drug-likeness (QED) is 0.240. The van der Waals surface area contributed by atoms with Crippen molar-refractivity contribution in [2.75, 3.05) is 20.3 Å². The normalized spacial score (nSPS) is 37.7. The third-order valence-corrected chi connectivity index (χ3v) is 5.40. The Morgan fingerprint density at radius 1 is 0.969 bits per heavy atom. The van der Waals surface area contributed by atoms with Gasteiger partial charge in [0.25, 0.3) is 0 Å². The Morgan fingerprint density at radius 3 is 2.38 bits per heavy atom. The van der Waals surface area contributed by atoms with Crippen LogP contribution in [0.15, 0.2) is 30.9 Å². The van der Waals surface area contributed by atoms with E-state index < -0.39 is 55.3 Å². The highest BCUT2D eigenvalue weighted by atomic mass is 16.7. The lowest BCUT2D eigenvalue weighted by Gasteiger charge is -2.41. The lowest BCUT2D eigenvalue weighted by Crippen LogP contribution is -2.61. The summed E-state index contributed by atoms with van der Waals surface area (Å²) in [6, 6.07) is 5.14. The molecule has 9 atom stereocenters. The molecular formula is C21H30O11. The van der Waals surface area contributed by atoms with Gasteiger partial charge >= 0.3 is 0 Å². The molecule has 0 radical (unpaired) electrons. The third-order valence-electron chi connectivity index (χ3n) is 5.40. The van der Waals surface area contributed by atoms with E-state index in [9.17, 15) is 30.6 Å². The molecule has 2 aliphatic rings. The van der Waals surface area contributed by atoms with Crippen LogP contribution in [0.1, 0.15) is 5.56 Å². The number of aliphatic hydroxyl groups excluding tert-OH is 6. The summed E-state index contributed by atoms with van der Waals surface area (Å²) in [6.07, 6.45) is -10.4. The molecule has 2 aliphatic heterocycles. The molecule has 0 spiro atoms. The summed E-state index contributed by atoms with van der Waals surface area (Å²) in [5, 5.41) is 60.1. The zero-order valence-corrected chi connectivity index (χ0v) is 17.6. The zero-order valence-electron chi connectivity index (χ0n) is 17.6. The van der Waals surface area contributed by atoms with Crippen molar-refractivity contribution >= 4 is 0 Å². The number of aliphatic hydroxyl groups is 6. The van der Waals surface area contributed by atoms with E-state index >= 15 is 0 Å². The number of benzene rings is 1. The molecule has 0 bridgehead atoms. The van der Waals surface area contributed by atoms with E-state index in [4.69, 9.17) is 23.7 Å². The second kappa shape index (κ2) is 10.9. The maximum atomic E-state index is 10.3. The second-order valence-electron chi connectivity index (χ2n) is 7.69. The molecule has 2 saturated heterocycles. The number of ether oxygens (including phenoxy) is 5. The van der Waals surface area contributed by atoms with Gasteiger partial charge in [-0.25, -0.2) is 0 Å². The molecule has 9 unspecified atom stereocenters. The molecule has 180 valence electrons. The first-order valence-corrected chi connectivity index (χ1v) is 10.2. The lowest BCUT2D eigenvalue weighted by atomic mass is 9.99. The van der Waals surface area contributed by atoms with E-state index in [0.717, 1.165) is 5.56 Å². The fourth-order valence-corrected chi connectivity index (χ4v) is 3.50. The first-order valence-electron chi connectivity index (χ1n) is 10.2. The molecular weight excluding hydrogens is 428 g/mol. The topological polar surface area (TPSA) is 168 Å². The molecule has 11 heteroatoms. The van der Waals surface area contributed by atoms with Gasteiger partial charge in [0.1, 0.15) is 42.7 Å². The van der Waals surface area contributed by atoms with Crippen LogP contribution in [-0.4, -0.2) is 106 Å². The molecule has 3 rings (SSSR count). The van der Waals surface area contributed by atoms with Crippen molar-refractivity contribution < 1.29 is 54.3 Å². The van der Waals surface area contributed by atoms with E-state index in [-0.39, 0.29) is 19.0 Å². The van der Waals surface area contributed by atoms with E-state index in [0.29, 0.717) is 12.2 Å². The molecule has 0 aromatic heterocycles. The van der Waals surface area contributed by atoms with Gasteiger partial charge in [-0.3, -0.25) is 0 Å². The van der Waals surface area contributed by atoms with Crippen molar-refractivity contribution in [2.45, 2.75) is 61.7 Å². The van der Waals surface area contributed by atoms with Crippen LogP contribution < -0.4 is 9.47 Å². The fourth-order valence-electron chi connectivity index (χ4n) is 3.50. The van der Waals surface area contributed by atoms with Gasteiger partial charge in [0.2, 0.25) is 6.29 Å². The average Bonchev–Trinajstić information content (AvgIpc) is 2.79. The molecule has 1 aromatic carbocycles. The molecule has 0 saturated carbocycles. The number of hydrogen-bond acceptors (Lipinski definition) is 11. The Balaban J connectivity index is 1.67. The van der Waals surface area contributed by atoms with Crippen LogP contribution in [0.5, 0.6) is 11.5 Å². The largest absolute Gasteiger partial charge is 0.493 e. The predicted octanol–water partition coefficient (Wildman–Crippen LogP) is -1.93. The summed E-state index contributed by atoms with van der Waals surface area (Å²) in [5.74, 6) is 0.621. The Bertz CT molecular complexity index is 759. The van der Waals surface area contributed by atoms with Gasteiger partial charge in [-0.15, -0.1) is 6.58 Å². The van der Waals surface area contributed by atoms with Crippen molar-refractivity contribution in [1.82, 2.24) is 0 Å². The van der Waals surface area contributed by atoms with Gasteiger partial charge in [0.15, 0.2) is 17.8 Å². The smallest absolute Gasteiger partial charge is 0.229 e. The summed E-state index contributed by atoms with van der Waals surface area (Å²) < 4.78 is 27.2. The number of rotatable bonds is 8. The van der Waals surface area contributed by atoms with Crippen molar-refractivity contribution in [3.8, 4) is 11.5 Å². The monoisotopic (exact) mass is 458 g/mol. The molecule has 2 heterocycles. The van der Waals surface area contributed by atoms with Crippen LogP contribution in [0.2, 0.25) is 0 Å². The van der Waals surface area contributed by atoms with Gasteiger partial charge in [-0.1, -0.05) is 12.1 Å². The highest BCUT2D eigenvalue weighted by Gasteiger charge is 2.46. The summed E-state index contributed by atoms with van der Waals surface area (Å²) in [7, 11) is 1.45. The average molecular weight is 458 g/mol. The van der Waals surface area contributed by atoms with Gasteiger partial charge < -0.3 is 54.3 Å². The first-order chi connectivity index (χ1) is 15.3. The maximum absolute atomic E-state index is 10.3. The van der Waals surface area contributed by atoms with Crippen LogP contribution in [0, 0.1) is 0 Å². The van der Waals surface area contributed by atoms with Gasteiger partial charge in [0.05, 0.1) is 20.3 Å². The van der Waals surface area contributed by atoms with Gasteiger partial charge in [0, 0.05) is 0 Å². The van der Waals surface area contributed by atoms with E-state index in [1.165, 1.54) is 7.11 Å². The van der Waals surface area contributed by atoms with Crippen LogP contribution in [0.25, 0.3) is 0 Å². The Hall–Kier alpha value is -1.80. The number of methoxy groups -OCH3 is 1. The molecule has 6 N–H and O–H groups in total. The van der Waals surface area contributed by atoms with Crippen molar-refractivity contribution in [1.29, 1.82) is 0 Å². The summed E-state index contributed by atoms with van der Waals surface area (Å²) >= 11 is 0. The van der Waals surface area contributed by atoms with Crippen LogP contribution in [0.4, 0.5) is 0 Å². The minimum absolute atomic E-state index is 0.246. The number of allylic oxidation sites excluding steroid dienone is 1. The minimum Gasteiger partial charge on any atom is -0.493 e. The highest BCUT2D eigenvalue weighted by Crippen LogP contribution is 2.32. The third kappa shape index (κ3) is 5.39. The molecule has 0 aliphatic carbocycles. The van der Waals surface area contributed by atoms with E-state index in [1.807, 2.05) is 0 Å². The second-order valence-corrected chi connectivity index (χ2v) is 7.69. The fraction of sp³-hybridized carbons (Fsp3) is 0.619. The van der Waals surface area contributed by atoms with E-state index in [1.54, 1.807) is 24.3 Å². The maximum Gasteiger partial charge on any atom is 0.229 e. The molecule has 2 fully saturated rings. The first kappa shape index (κ1) is 24.8. The zero-order chi connectivity index (χ0) is 23.4. The number of hydrogen-bond donors (Lipinski definition) is 6. The van der Waals surface area contributed by atoms with Crippen molar-refractivity contribution in [2.24, 2.45) is 0 Å².